The summed E-state index contributed by atoms with van der Waals surface area (Å²) in [5.74, 6) is -2.38. The van der Waals surface area contributed by atoms with E-state index in [1.165, 1.54) is 59.5 Å². The van der Waals surface area contributed by atoms with Gasteiger partial charge >= 0.3 is 0 Å². The first-order valence-corrected chi connectivity index (χ1v) is 16.4. The summed E-state index contributed by atoms with van der Waals surface area (Å²) in [6.07, 6.45) is 3.78. The maximum Gasteiger partial charge on any atom is 0.264 e. The van der Waals surface area contributed by atoms with Crippen LogP contribution in [0.3, 0.4) is 0 Å². The van der Waals surface area contributed by atoms with E-state index in [0.29, 0.717) is 5.56 Å². The summed E-state index contributed by atoms with van der Waals surface area (Å²) in [6, 6.07) is 26.5. The number of carbonyl (C=O) groups excluding carboxylic acids is 2. The fourth-order valence-electron chi connectivity index (χ4n) is 5.60. The minimum absolute atomic E-state index is 0.0353. The first-order valence-electron chi connectivity index (χ1n) is 14.9. The van der Waals surface area contributed by atoms with E-state index in [1.54, 1.807) is 18.2 Å². The summed E-state index contributed by atoms with van der Waals surface area (Å²) in [5, 5.41) is 3.09. The molecule has 10 heteroatoms. The van der Waals surface area contributed by atoms with Crippen LogP contribution in [0.15, 0.2) is 114 Å². The third-order valence-electron chi connectivity index (χ3n) is 7.97. The van der Waals surface area contributed by atoms with Gasteiger partial charge in [0.2, 0.25) is 11.8 Å². The zero-order valence-corrected chi connectivity index (χ0v) is 25.5. The van der Waals surface area contributed by atoms with Gasteiger partial charge in [-0.15, -0.1) is 0 Å². The van der Waals surface area contributed by atoms with Crippen molar-refractivity contribution in [3.05, 3.63) is 132 Å². The molecule has 1 aliphatic carbocycles. The van der Waals surface area contributed by atoms with E-state index in [-0.39, 0.29) is 35.5 Å². The molecular formula is C35H35F2N3O4S. The van der Waals surface area contributed by atoms with Crippen molar-refractivity contribution in [3.63, 3.8) is 0 Å². The first kappa shape index (κ1) is 31.8. The van der Waals surface area contributed by atoms with Crippen molar-refractivity contribution in [1.29, 1.82) is 0 Å². The Bertz CT molecular complexity index is 1700. The lowest BCUT2D eigenvalue weighted by Gasteiger charge is -2.34. The number of anilines is 1. The van der Waals surface area contributed by atoms with Crippen LogP contribution in [-0.4, -0.2) is 43.8 Å². The van der Waals surface area contributed by atoms with Crippen molar-refractivity contribution >= 4 is 27.5 Å². The molecule has 1 saturated carbocycles. The maximum absolute atomic E-state index is 15.2. The molecule has 1 atom stereocenters. The number of benzene rings is 4. The minimum atomic E-state index is -4.41. The molecule has 0 spiro atoms. The predicted octanol–water partition coefficient (Wildman–Crippen LogP) is 5.86. The van der Waals surface area contributed by atoms with Crippen molar-refractivity contribution < 1.29 is 26.8 Å². The van der Waals surface area contributed by atoms with Gasteiger partial charge in [-0.25, -0.2) is 17.2 Å². The lowest BCUT2D eigenvalue weighted by atomic mass is 10.0. The predicted molar refractivity (Wildman–Crippen MR) is 169 cm³/mol. The van der Waals surface area contributed by atoms with Gasteiger partial charge in [-0.3, -0.25) is 13.9 Å². The second kappa shape index (κ2) is 14.5. The number of nitrogens with zero attached hydrogens (tertiary/aromatic N) is 2. The maximum atomic E-state index is 15.2. The highest BCUT2D eigenvalue weighted by molar-refractivity contribution is 7.92. The number of hydrogen-bond donors (Lipinski definition) is 1. The number of para-hydroxylation sites is 1. The number of amides is 2. The Labute approximate surface area is 262 Å². The van der Waals surface area contributed by atoms with Crippen molar-refractivity contribution in [2.75, 3.05) is 10.8 Å². The van der Waals surface area contributed by atoms with Gasteiger partial charge < -0.3 is 10.2 Å². The Morgan fingerprint density at radius 3 is 2.02 bits per heavy atom. The van der Waals surface area contributed by atoms with E-state index in [9.17, 15) is 22.4 Å². The summed E-state index contributed by atoms with van der Waals surface area (Å²) in [7, 11) is -4.41. The molecule has 0 saturated heterocycles. The smallest absolute Gasteiger partial charge is 0.264 e. The molecule has 4 aromatic rings. The van der Waals surface area contributed by atoms with Gasteiger partial charge in [-0.05, 0) is 60.4 Å². The summed E-state index contributed by atoms with van der Waals surface area (Å²) >= 11 is 0. The Balaban J connectivity index is 1.56. The van der Waals surface area contributed by atoms with Crippen molar-refractivity contribution in [2.24, 2.45) is 0 Å². The van der Waals surface area contributed by atoms with Gasteiger partial charge in [-0.2, -0.15) is 0 Å². The molecule has 1 N–H and O–H groups in total. The normalized spacial score (nSPS) is 14.1. The zero-order valence-electron chi connectivity index (χ0n) is 24.7. The van der Waals surface area contributed by atoms with Gasteiger partial charge in [0.25, 0.3) is 10.0 Å². The second-order valence-electron chi connectivity index (χ2n) is 11.1. The van der Waals surface area contributed by atoms with Crippen LogP contribution in [0.4, 0.5) is 14.5 Å². The van der Waals surface area contributed by atoms with Gasteiger partial charge in [0.15, 0.2) is 0 Å². The van der Waals surface area contributed by atoms with Crippen LogP contribution < -0.4 is 9.62 Å². The van der Waals surface area contributed by atoms with Crippen molar-refractivity contribution in [3.8, 4) is 0 Å². The number of sulfonamides is 1. The fourth-order valence-corrected chi connectivity index (χ4v) is 7.04. The van der Waals surface area contributed by atoms with Crippen LogP contribution in [0, 0.1) is 11.6 Å². The molecule has 45 heavy (non-hydrogen) atoms. The molecular weight excluding hydrogens is 596 g/mol. The summed E-state index contributed by atoms with van der Waals surface area (Å²) in [5.41, 5.74) is 1.04. The lowest BCUT2D eigenvalue weighted by Crippen LogP contribution is -2.54. The van der Waals surface area contributed by atoms with Crippen molar-refractivity contribution in [2.45, 2.75) is 55.6 Å². The first-order chi connectivity index (χ1) is 21.7. The van der Waals surface area contributed by atoms with E-state index in [0.717, 1.165) is 41.6 Å². The molecule has 1 fully saturated rings. The van der Waals surface area contributed by atoms with Crippen molar-refractivity contribution in [1.82, 2.24) is 10.2 Å². The number of carbonyl (C=O) groups is 2. The van der Waals surface area contributed by atoms with Crippen LogP contribution in [0.1, 0.15) is 36.8 Å². The third-order valence-corrected chi connectivity index (χ3v) is 9.74. The summed E-state index contributed by atoms with van der Waals surface area (Å²) < 4.78 is 57.6. The van der Waals surface area contributed by atoms with Crippen LogP contribution in [-0.2, 0) is 32.6 Å². The number of nitrogens with one attached hydrogen (secondary N) is 1. The van der Waals surface area contributed by atoms with Gasteiger partial charge in [-0.1, -0.05) is 85.6 Å². The minimum Gasteiger partial charge on any atom is -0.352 e. The average molecular weight is 632 g/mol. The number of rotatable bonds is 12. The summed E-state index contributed by atoms with van der Waals surface area (Å²) in [6.45, 7) is -0.882. The quantitative estimate of drug-likeness (QED) is 0.212. The van der Waals surface area contributed by atoms with E-state index >= 15 is 4.39 Å². The number of hydrogen-bond acceptors (Lipinski definition) is 4. The van der Waals surface area contributed by atoms with E-state index in [1.807, 2.05) is 30.3 Å². The standard InChI is InChI=1S/C35H35F2N3O4S/c36-28-21-19-27(20-22-28)24-39(33(23-26-11-3-1-4-12-26)35(42)38-29-13-7-8-14-29)34(41)25-40(32-18-10-9-17-31(32)37)45(43,44)30-15-5-2-6-16-30/h1-6,9-12,15-22,29,33H,7-8,13-14,23-25H2,(H,38,42). The van der Waals surface area contributed by atoms with E-state index in [4.69, 9.17) is 0 Å². The molecule has 0 bridgehead atoms. The zero-order chi connectivity index (χ0) is 31.8. The Morgan fingerprint density at radius 1 is 0.778 bits per heavy atom. The molecule has 5 rings (SSSR count). The van der Waals surface area contributed by atoms with Crippen LogP contribution in [0.25, 0.3) is 0 Å². The number of halogens is 2. The lowest BCUT2D eigenvalue weighted by molar-refractivity contribution is -0.140. The van der Waals surface area contributed by atoms with Gasteiger partial charge in [0.1, 0.15) is 24.2 Å². The molecule has 7 nitrogen and oxygen atoms in total. The molecule has 2 amide bonds. The molecule has 0 radical (unpaired) electrons. The highest BCUT2D eigenvalue weighted by Crippen LogP contribution is 2.27. The second-order valence-corrected chi connectivity index (χ2v) is 13.0. The van der Waals surface area contributed by atoms with Crippen LogP contribution >= 0.6 is 0 Å². The Kier molecular flexibility index (Phi) is 10.2. The molecule has 4 aromatic carbocycles. The molecule has 1 aliphatic rings. The molecule has 0 aromatic heterocycles. The molecule has 234 valence electrons. The molecule has 0 aliphatic heterocycles. The highest BCUT2D eigenvalue weighted by Gasteiger charge is 2.36. The average Bonchev–Trinajstić information content (AvgIpc) is 3.56. The Hall–Kier alpha value is -4.57. The fraction of sp³-hybridized carbons (Fsp3) is 0.257. The molecule has 0 heterocycles. The SMILES string of the molecule is O=C(NC1CCCC1)C(Cc1ccccc1)N(Cc1ccc(F)cc1)C(=O)CN(c1ccccc1F)S(=O)(=O)c1ccccc1. The van der Waals surface area contributed by atoms with Gasteiger partial charge in [0.05, 0.1) is 10.6 Å². The van der Waals surface area contributed by atoms with Crippen LogP contribution in [0.2, 0.25) is 0 Å². The largest absolute Gasteiger partial charge is 0.352 e. The highest BCUT2D eigenvalue weighted by atomic mass is 32.2. The third kappa shape index (κ3) is 7.94. The Morgan fingerprint density at radius 2 is 1.38 bits per heavy atom. The monoisotopic (exact) mass is 631 g/mol. The van der Waals surface area contributed by atoms with Crippen LogP contribution in [0.5, 0.6) is 0 Å². The topological polar surface area (TPSA) is 86.8 Å². The molecule has 1 unspecified atom stereocenters. The van der Waals surface area contributed by atoms with Gasteiger partial charge in [0, 0.05) is 19.0 Å². The summed E-state index contributed by atoms with van der Waals surface area (Å²) in [4.78, 5) is 29.6. The van der Waals surface area contributed by atoms with E-state index < -0.39 is 40.2 Å². The van der Waals surface area contributed by atoms with E-state index in [2.05, 4.69) is 5.32 Å².